The average Bonchev–Trinajstić information content (AvgIpc) is 2.91. The molecule has 0 aromatic heterocycles. The van der Waals surface area contributed by atoms with E-state index < -0.39 is 0 Å². The van der Waals surface area contributed by atoms with Crippen LogP contribution in [0.25, 0.3) is 0 Å². The van der Waals surface area contributed by atoms with Gasteiger partial charge in [-0.05, 0) is 75.0 Å². The minimum atomic E-state index is 0.424. The average molecular weight is 271 g/mol. The second-order valence-corrected chi connectivity index (χ2v) is 8.01. The van der Waals surface area contributed by atoms with Crippen LogP contribution in [-0.4, -0.2) is 6.54 Å². The van der Waals surface area contributed by atoms with E-state index in [-0.39, 0.29) is 0 Å². The predicted molar refractivity (Wildman–Crippen MR) is 84.3 cm³/mol. The van der Waals surface area contributed by atoms with Crippen molar-refractivity contribution < 1.29 is 0 Å². The summed E-state index contributed by atoms with van der Waals surface area (Å²) < 4.78 is 0. The van der Waals surface area contributed by atoms with Gasteiger partial charge >= 0.3 is 0 Å². The summed E-state index contributed by atoms with van der Waals surface area (Å²) in [5, 5.41) is 0. The van der Waals surface area contributed by atoms with E-state index in [2.05, 4.69) is 19.1 Å². The summed E-state index contributed by atoms with van der Waals surface area (Å²) in [6.45, 7) is 3.46. The lowest BCUT2D eigenvalue weighted by molar-refractivity contribution is 0.0872. The van der Waals surface area contributed by atoms with E-state index in [4.69, 9.17) is 5.73 Å². The third-order valence-electron chi connectivity index (χ3n) is 7.38. The van der Waals surface area contributed by atoms with E-state index in [1.807, 2.05) is 11.1 Å². The molecule has 4 rings (SSSR count). The number of nitrogens with two attached hydrogens (primary N) is 1. The van der Waals surface area contributed by atoms with Gasteiger partial charge < -0.3 is 5.73 Å². The van der Waals surface area contributed by atoms with Crippen LogP contribution in [0.3, 0.4) is 0 Å². The van der Waals surface area contributed by atoms with Crippen molar-refractivity contribution in [1.82, 2.24) is 0 Å². The Bertz CT molecular complexity index is 474. The zero-order valence-electron chi connectivity index (χ0n) is 13.0. The van der Waals surface area contributed by atoms with Gasteiger partial charge in [0.2, 0.25) is 0 Å². The van der Waals surface area contributed by atoms with Crippen molar-refractivity contribution in [2.45, 2.75) is 64.7 Å². The molecule has 0 aliphatic heterocycles. The molecule has 1 nitrogen and oxygen atoms in total. The SMILES string of the molecule is C[C@]12C=CCCC1CCC1=C3CCC[C@@]3(CN)CC[C@@H]12. The largest absolute Gasteiger partial charge is 0.330 e. The fraction of sp³-hybridized carbons (Fsp3) is 0.789. The Morgan fingerprint density at radius 3 is 2.95 bits per heavy atom. The lowest BCUT2D eigenvalue weighted by atomic mass is 9.51. The zero-order chi connectivity index (χ0) is 13.8. The summed E-state index contributed by atoms with van der Waals surface area (Å²) in [4.78, 5) is 0. The van der Waals surface area contributed by atoms with Gasteiger partial charge in [-0.3, -0.25) is 0 Å². The van der Waals surface area contributed by atoms with E-state index in [0.29, 0.717) is 10.8 Å². The van der Waals surface area contributed by atoms with Gasteiger partial charge in [-0.1, -0.05) is 30.2 Å². The van der Waals surface area contributed by atoms with Crippen molar-refractivity contribution in [3.05, 3.63) is 23.3 Å². The highest BCUT2D eigenvalue weighted by Gasteiger charge is 2.51. The van der Waals surface area contributed by atoms with Crippen LogP contribution in [0.15, 0.2) is 23.3 Å². The van der Waals surface area contributed by atoms with Crippen molar-refractivity contribution in [1.29, 1.82) is 0 Å². The highest BCUT2D eigenvalue weighted by atomic mass is 14.7. The standard InChI is InChI=1S/C19H29N/c1-18-10-3-2-5-14(18)7-8-15-16(18)9-12-19(13-20)11-4-6-17(15)19/h3,10,14,16H,2,4-9,11-13,20H2,1H3/t14?,16-,18-,19-/m0/s1. The minimum absolute atomic E-state index is 0.424. The van der Waals surface area contributed by atoms with E-state index in [0.717, 1.165) is 18.4 Å². The number of allylic oxidation sites excluding steroid dienone is 3. The van der Waals surface area contributed by atoms with Gasteiger partial charge in [0.25, 0.3) is 0 Å². The molecular formula is C19H29N. The maximum atomic E-state index is 6.22. The Kier molecular flexibility index (Phi) is 2.93. The molecule has 2 N–H and O–H groups in total. The Labute approximate surface area is 123 Å². The Hall–Kier alpha value is -0.560. The molecule has 0 amide bonds. The fourth-order valence-corrected chi connectivity index (χ4v) is 6.21. The first-order valence-electron chi connectivity index (χ1n) is 8.80. The molecule has 0 saturated heterocycles. The molecule has 4 atom stereocenters. The molecule has 0 bridgehead atoms. The lowest BCUT2D eigenvalue weighted by Gasteiger charge is -2.53. The second kappa shape index (κ2) is 4.47. The van der Waals surface area contributed by atoms with Crippen LogP contribution in [0.4, 0.5) is 0 Å². The molecule has 2 fully saturated rings. The van der Waals surface area contributed by atoms with Gasteiger partial charge in [-0.15, -0.1) is 0 Å². The van der Waals surface area contributed by atoms with E-state index in [1.165, 1.54) is 57.8 Å². The highest BCUT2D eigenvalue weighted by Crippen LogP contribution is 2.62. The topological polar surface area (TPSA) is 26.0 Å². The molecule has 0 aromatic rings. The first-order chi connectivity index (χ1) is 9.70. The van der Waals surface area contributed by atoms with Crippen LogP contribution in [0.1, 0.15) is 64.7 Å². The predicted octanol–water partition coefficient (Wildman–Crippen LogP) is 4.59. The van der Waals surface area contributed by atoms with Crippen LogP contribution in [0, 0.1) is 22.7 Å². The highest BCUT2D eigenvalue weighted by molar-refractivity contribution is 5.35. The van der Waals surface area contributed by atoms with E-state index >= 15 is 0 Å². The van der Waals surface area contributed by atoms with Gasteiger partial charge in [0.15, 0.2) is 0 Å². The molecule has 1 heteroatoms. The summed E-state index contributed by atoms with van der Waals surface area (Å²) in [5.74, 6) is 1.78. The number of rotatable bonds is 1. The molecule has 4 aliphatic rings. The Morgan fingerprint density at radius 2 is 2.10 bits per heavy atom. The van der Waals surface area contributed by atoms with E-state index in [1.54, 1.807) is 0 Å². The van der Waals surface area contributed by atoms with Crippen LogP contribution < -0.4 is 5.73 Å². The maximum absolute atomic E-state index is 6.22. The maximum Gasteiger partial charge on any atom is 0.00376 e. The first-order valence-corrected chi connectivity index (χ1v) is 8.80. The quantitative estimate of drug-likeness (QED) is 0.694. The van der Waals surface area contributed by atoms with Crippen molar-refractivity contribution in [2.75, 3.05) is 6.54 Å². The molecule has 20 heavy (non-hydrogen) atoms. The zero-order valence-corrected chi connectivity index (χ0v) is 13.0. The summed E-state index contributed by atoms with van der Waals surface area (Å²) in [6.07, 6.45) is 17.5. The van der Waals surface area contributed by atoms with Crippen LogP contribution >= 0.6 is 0 Å². The number of hydrogen-bond donors (Lipinski definition) is 1. The van der Waals surface area contributed by atoms with Crippen molar-refractivity contribution in [3.8, 4) is 0 Å². The molecule has 0 aromatic carbocycles. The molecule has 0 radical (unpaired) electrons. The molecule has 0 heterocycles. The normalized spacial score (nSPS) is 46.9. The fourth-order valence-electron chi connectivity index (χ4n) is 6.21. The van der Waals surface area contributed by atoms with E-state index in [9.17, 15) is 0 Å². The Balaban J connectivity index is 1.79. The van der Waals surface area contributed by atoms with Crippen molar-refractivity contribution in [2.24, 2.45) is 28.4 Å². The van der Waals surface area contributed by atoms with Crippen LogP contribution in [-0.2, 0) is 0 Å². The third kappa shape index (κ3) is 1.59. The molecule has 0 spiro atoms. The number of hydrogen-bond acceptors (Lipinski definition) is 1. The van der Waals surface area contributed by atoms with Gasteiger partial charge in [0.05, 0.1) is 0 Å². The third-order valence-corrected chi connectivity index (χ3v) is 7.38. The van der Waals surface area contributed by atoms with Crippen LogP contribution in [0.5, 0.6) is 0 Å². The smallest absolute Gasteiger partial charge is 0.00376 e. The van der Waals surface area contributed by atoms with Gasteiger partial charge in [0.1, 0.15) is 0 Å². The summed E-state index contributed by atoms with van der Waals surface area (Å²) in [5.41, 5.74) is 10.8. The summed E-state index contributed by atoms with van der Waals surface area (Å²) in [6, 6.07) is 0. The molecule has 2 saturated carbocycles. The molecule has 1 unspecified atom stereocenters. The second-order valence-electron chi connectivity index (χ2n) is 8.01. The molecular weight excluding hydrogens is 242 g/mol. The van der Waals surface area contributed by atoms with Gasteiger partial charge in [-0.25, -0.2) is 0 Å². The number of fused-ring (bicyclic) bond motifs is 4. The summed E-state index contributed by atoms with van der Waals surface area (Å²) in [7, 11) is 0. The summed E-state index contributed by atoms with van der Waals surface area (Å²) >= 11 is 0. The van der Waals surface area contributed by atoms with Crippen molar-refractivity contribution in [3.63, 3.8) is 0 Å². The minimum Gasteiger partial charge on any atom is -0.330 e. The monoisotopic (exact) mass is 271 g/mol. The molecule has 110 valence electrons. The van der Waals surface area contributed by atoms with Gasteiger partial charge in [-0.2, -0.15) is 0 Å². The lowest BCUT2D eigenvalue weighted by Crippen LogP contribution is -2.45. The van der Waals surface area contributed by atoms with Gasteiger partial charge in [0, 0.05) is 12.0 Å². The van der Waals surface area contributed by atoms with Crippen molar-refractivity contribution >= 4 is 0 Å². The van der Waals surface area contributed by atoms with Crippen LogP contribution in [0.2, 0.25) is 0 Å². The Morgan fingerprint density at radius 1 is 1.20 bits per heavy atom. The first kappa shape index (κ1) is 13.1. The molecule has 4 aliphatic carbocycles.